The molecule has 0 spiro atoms. The fourth-order valence-electron chi connectivity index (χ4n) is 1.72. The molecule has 3 heteroatoms. The van der Waals surface area contributed by atoms with E-state index in [1.165, 1.54) is 0 Å². The standard InChI is InChI=1S/C13H19BrN2/c1-9(2)8-16(4)13-7-11(14)5-6-12(13)10(3)15/h5-7,10H,1,8,15H2,2-4H3. The third-order valence-corrected chi connectivity index (χ3v) is 2.89. The van der Waals surface area contributed by atoms with E-state index >= 15 is 0 Å². The van der Waals surface area contributed by atoms with Gasteiger partial charge in [0.05, 0.1) is 0 Å². The Morgan fingerprint density at radius 3 is 2.69 bits per heavy atom. The summed E-state index contributed by atoms with van der Waals surface area (Å²) < 4.78 is 1.07. The monoisotopic (exact) mass is 282 g/mol. The van der Waals surface area contributed by atoms with E-state index in [2.05, 4.69) is 46.6 Å². The van der Waals surface area contributed by atoms with Gasteiger partial charge in [-0.2, -0.15) is 0 Å². The van der Waals surface area contributed by atoms with E-state index in [9.17, 15) is 0 Å². The molecule has 0 aliphatic carbocycles. The minimum atomic E-state index is 0.0377. The van der Waals surface area contributed by atoms with Gasteiger partial charge in [-0.15, -0.1) is 0 Å². The first-order valence-corrected chi connectivity index (χ1v) is 6.11. The van der Waals surface area contributed by atoms with Crippen LogP contribution >= 0.6 is 15.9 Å². The second-order valence-corrected chi connectivity index (χ2v) is 5.22. The largest absolute Gasteiger partial charge is 0.370 e. The van der Waals surface area contributed by atoms with Crippen LogP contribution in [0, 0.1) is 0 Å². The molecular weight excluding hydrogens is 264 g/mol. The maximum atomic E-state index is 5.97. The molecule has 0 saturated heterocycles. The molecule has 0 bridgehead atoms. The Hall–Kier alpha value is -0.800. The summed E-state index contributed by atoms with van der Waals surface area (Å²) in [7, 11) is 2.06. The van der Waals surface area contributed by atoms with Gasteiger partial charge in [-0.05, 0) is 31.5 Å². The summed E-state index contributed by atoms with van der Waals surface area (Å²) in [5, 5.41) is 0. The second-order valence-electron chi connectivity index (χ2n) is 4.30. The second kappa shape index (κ2) is 5.51. The van der Waals surface area contributed by atoms with Gasteiger partial charge >= 0.3 is 0 Å². The van der Waals surface area contributed by atoms with Crippen molar-refractivity contribution in [2.75, 3.05) is 18.5 Å². The maximum absolute atomic E-state index is 5.97. The highest BCUT2D eigenvalue weighted by molar-refractivity contribution is 9.10. The average molecular weight is 283 g/mol. The molecule has 0 heterocycles. The van der Waals surface area contributed by atoms with Crippen molar-refractivity contribution in [1.82, 2.24) is 0 Å². The minimum Gasteiger partial charge on any atom is -0.370 e. The molecule has 0 aliphatic heterocycles. The van der Waals surface area contributed by atoms with Crippen LogP contribution in [0.2, 0.25) is 0 Å². The van der Waals surface area contributed by atoms with Crippen molar-refractivity contribution in [1.29, 1.82) is 0 Å². The zero-order chi connectivity index (χ0) is 12.3. The first-order chi connectivity index (χ1) is 7.41. The van der Waals surface area contributed by atoms with Gasteiger partial charge in [-0.3, -0.25) is 0 Å². The maximum Gasteiger partial charge on any atom is 0.0426 e. The number of benzene rings is 1. The van der Waals surface area contributed by atoms with Gasteiger partial charge in [-0.1, -0.05) is 34.1 Å². The zero-order valence-electron chi connectivity index (χ0n) is 10.1. The number of likely N-dealkylation sites (N-methyl/N-ethyl adjacent to an activating group) is 1. The molecule has 88 valence electrons. The van der Waals surface area contributed by atoms with Crippen LogP contribution in [0.5, 0.6) is 0 Å². The summed E-state index contributed by atoms with van der Waals surface area (Å²) in [5.74, 6) is 0. The van der Waals surface area contributed by atoms with E-state index in [0.29, 0.717) is 0 Å². The number of halogens is 1. The molecule has 0 radical (unpaired) electrons. The van der Waals surface area contributed by atoms with Gasteiger partial charge in [-0.25, -0.2) is 0 Å². The molecule has 0 aliphatic rings. The lowest BCUT2D eigenvalue weighted by Crippen LogP contribution is -2.22. The van der Waals surface area contributed by atoms with Gasteiger partial charge in [0.15, 0.2) is 0 Å². The third kappa shape index (κ3) is 3.35. The number of nitrogens with zero attached hydrogens (tertiary/aromatic N) is 1. The molecule has 0 aromatic heterocycles. The van der Waals surface area contributed by atoms with E-state index in [0.717, 1.165) is 27.8 Å². The van der Waals surface area contributed by atoms with Crippen LogP contribution in [0.1, 0.15) is 25.5 Å². The highest BCUT2D eigenvalue weighted by atomic mass is 79.9. The Morgan fingerprint density at radius 2 is 2.19 bits per heavy atom. The van der Waals surface area contributed by atoms with E-state index in [-0.39, 0.29) is 6.04 Å². The number of anilines is 1. The highest BCUT2D eigenvalue weighted by Gasteiger charge is 2.11. The molecule has 16 heavy (non-hydrogen) atoms. The minimum absolute atomic E-state index is 0.0377. The Morgan fingerprint density at radius 1 is 1.56 bits per heavy atom. The summed E-state index contributed by atoms with van der Waals surface area (Å²) >= 11 is 3.49. The molecule has 0 fully saturated rings. The normalized spacial score (nSPS) is 12.3. The number of hydrogen-bond acceptors (Lipinski definition) is 2. The lowest BCUT2D eigenvalue weighted by atomic mass is 10.1. The summed E-state index contributed by atoms with van der Waals surface area (Å²) in [6.45, 7) is 8.81. The Labute approximate surface area is 106 Å². The third-order valence-electron chi connectivity index (χ3n) is 2.40. The Kier molecular flexibility index (Phi) is 4.56. The van der Waals surface area contributed by atoms with Gasteiger partial charge in [0.25, 0.3) is 0 Å². The number of rotatable bonds is 4. The molecule has 2 nitrogen and oxygen atoms in total. The van der Waals surface area contributed by atoms with Crippen LogP contribution < -0.4 is 10.6 Å². The SMILES string of the molecule is C=C(C)CN(C)c1cc(Br)ccc1C(C)N. The van der Waals surface area contributed by atoms with E-state index < -0.39 is 0 Å². The van der Waals surface area contributed by atoms with Crippen LogP contribution in [0.25, 0.3) is 0 Å². The van der Waals surface area contributed by atoms with Crippen molar-refractivity contribution >= 4 is 21.6 Å². The van der Waals surface area contributed by atoms with E-state index in [1.54, 1.807) is 0 Å². The smallest absolute Gasteiger partial charge is 0.0426 e. The van der Waals surface area contributed by atoms with Crippen LogP contribution in [0.3, 0.4) is 0 Å². The van der Waals surface area contributed by atoms with Gasteiger partial charge in [0, 0.05) is 29.8 Å². The van der Waals surface area contributed by atoms with Gasteiger partial charge in [0.1, 0.15) is 0 Å². The first kappa shape index (κ1) is 13.3. The molecule has 1 rings (SSSR count). The van der Waals surface area contributed by atoms with Crippen LogP contribution in [-0.2, 0) is 0 Å². The Bertz CT molecular complexity index is 386. The molecule has 0 saturated carbocycles. The van der Waals surface area contributed by atoms with Crippen LogP contribution in [0.4, 0.5) is 5.69 Å². The van der Waals surface area contributed by atoms with E-state index in [1.807, 2.05) is 19.9 Å². The van der Waals surface area contributed by atoms with Crippen molar-refractivity contribution < 1.29 is 0 Å². The average Bonchev–Trinajstić information content (AvgIpc) is 2.15. The summed E-state index contributed by atoms with van der Waals surface area (Å²) in [4.78, 5) is 2.17. The predicted molar refractivity (Wildman–Crippen MR) is 74.8 cm³/mol. The van der Waals surface area contributed by atoms with Crippen LogP contribution in [0.15, 0.2) is 34.8 Å². The molecule has 2 N–H and O–H groups in total. The summed E-state index contributed by atoms with van der Waals surface area (Å²) in [6.07, 6.45) is 0. The molecule has 1 aromatic carbocycles. The van der Waals surface area contributed by atoms with Crippen molar-refractivity contribution in [2.45, 2.75) is 19.9 Å². The van der Waals surface area contributed by atoms with Crippen LogP contribution in [-0.4, -0.2) is 13.6 Å². The highest BCUT2D eigenvalue weighted by Crippen LogP contribution is 2.28. The quantitative estimate of drug-likeness (QED) is 0.857. The molecule has 1 unspecified atom stereocenters. The van der Waals surface area contributed by atoms with Crippen molar-refractivity contribution in [3.05, 3.63) is 40.4 Å². The molecule has 0 amide bonds. The van der Waals surface area contributed by atoms with Crippen molar-refractivity contribution in [2.24, 2.45) is 5.73 Å². The van der Waals surface area contributed by atoms with E-state index in [4.69, 9.17) is 5.73 Å². The molecule has 1 atom stereocenters. The molecule has 1 aromatic rings. The Balaban J connectivity index is 3.08. The first-order valence-electron chi connectivity index (χ1n) is 5.32. The zero-order valence-corrected chi connectivity index (χ0v) is 11.7. The fraction of sp³-hybridized carbons (Fsp3) is 0.385. The van der Waals surface area contributed by atoms with Crippen molar-refractivity contribution in [3.8, 4) is 0 Å². The van der Waals surface area contributed by atoms with Crippen molar-refractivity contribution in [3.63, 3.8) is 0 Å². The lowest BCUT2D eigenvalue weighted by Gasteiger charge is -2.24. The summed E-state index contributed by atoms with van der Waals surface area (Å²) in [5.41, 5.74) is 9.42. The molecular formula is C13H19BrN2. The number of nitrogens with two attached hydrogens (primary N) is 1. The number of hydrogen-bond donors (Lipinski definition) is 1. The van der Waals surface area contributed by atoms with Gasteiger partial charge in [0.2, 0.25) is 0 Å². The predicted octanol–water partition coefficient (Wildman–Crippen LogP) is 3.48. The summed E-state index contributed by atoms with van der Waals surface area (Å²) in [6, 6.07) is 6.23. The van der Waals surface area contributed by atoms with Gasteiger partial charge < -0.3 is 10.6 Å². The fourth-order valence-corrected chi connectivity index (χ4v) is 2.07. The lowest BCUT2D eigenvalue weighted by molar-refractivity contribution is 0.807. The topological polar surface area (TPSA) is 29.3 Å².